The second-order valence-electron chi connectivity index (χ2n) is 7.14. The van der Waals surface area contributed by atoms with E-state index in [4.69, 9.17) is 16.3 Å². The van der Waals surface area contributed by atoms with Crippen LogP contribution in [0.2, 0.25) is 5.28 Å². The van der Waals surface area contributed by atoms with Gasteiger partial charge in [-0.25, -0.2) is 17.7 Å². The van der Waals surface area contributed by atoms with Crippen LogP contribution in [0, 0.1) is 0 Å². The molecule has 2 aromatic heterocycles. The molecular formula is C17H24ClN5O3S2. The Morgan fingerprint density at radius 3 is 2.68 bits per heavy atom. The van der Waals surface area contributed by atoms with E-state index in [2.05, 4.69) is 25.8 Å². The Bertz CT molecular complexity index is 946. The number of rotatable bonds is 4. The molecule has 0 aromatic carbocycles. The molecule has 0 spiro atoms. The van der Waals surface area contributed by atoms with Crippen molar-refractivity contribution in [1.29, 1.82) is 0 Å². The minimum atomic E-state index is -3.13. The van der Waals surface area contributed by atoms with Crippen LogP contribution in [0.3, 0.4) is 0 Å². The highest BCUT2D eigenvalue weighted by molar-refractivity contribution is 7.88. The zero-order valence-corrected chi connectivity index (χ0v) is 18.2. The number of hydrogen-bond acceptors (Lipinski definition) is 8. The number of nitrogens with zero attached hydrogens (tertiary/aromatic N) is 5. The fourth-order valence-electron chi connectivity index (χ4n) is 3.68. The molecule has 0 amide bonds. The zero-order chi connectivity index (χ0) is 19.7. The van der Waals surface area contributed by atoms with Gasteiger partial charge in [0.2, 0.25) is 15.3 Å². The molecule has 0 bridgehead atoms. The molecule has 2 saturated heterocycles. The highest BCUT2D eigenvalue weighted by Gasteiger charge is 2.23. The van der Waals surface area contributed by atoms with Crippen LogP contribution in [0.15, 0.2) is 6.07 Å². The van der Waals surface area contributed by atoms with E-state index in [1.165, 1.54) is 11.1 Å². The number of sulfonamides is 1. The highest BCUT2D eigenvalue weighted by atomic mass is 35.5. The summed E-state index contributed by atoms with van der Waals surface area (Å²) < 4.78 is 30.6. The number of fused-ring (bicyclic) bond motifs is 1. The van der Waals surface area contributed by atoms with Crippen molar-refractivity contribution in [3.05, 3.63) is 16.2 Å². The zero-order valence-electron chi connectivity index (χ0n) is 15.8. The first-order valence-electron chi connectivity index (χ1n) is 9.36. The van der Waals surface area contributed by atoms with E-state index < -0.39 is 10.0 Å². The number of thiophene rings is 1. The molecule has 0 radical (unpaired) electrons. The van der Waals surface area contributed by atoms with Crippen LogP contribution >= 0.6 is 22.9 Å². The molecule has 2 fully saturated rings. The van der Waals surface area contributed by atoms with Crippen molar-refractivity contribution in [2.75, 3.05) is 63.6 Å². The van der Waals surface area contributed by atoms with Crippen LogP contribution in [0.4, 0.5) is 5.82 Å². The summed E-state index contributed by atoms with van der Waals surface area (Å²) in [7, 11) is -3.13. The third-order valence-electron chi connectivity index (χ3n) is 5.10. The van der Waals surface area contributed by atoms with Crippen LogP contribution in [0.25, 0.3) is 10.2 Å². The number of halogens is 1. The maximum absolute atomic E-state index is 11.8. The van der Waals surface area contributed by atoms with Gasteiger partial charge in [-0.1, -0.05) is 0 Å². The van der Waals surface area contributed by atoms with Crippen LogP contribution in [-0.2, 0) is 21.3 Å². The second kappa shape index (κ2) is 8.37. The topological polar surface area (TPSA) is 78.9 Å². The lowest BCUT2D eigenvalue weighted by Gasteiger charge is -2.28. The Labute approximate surface area is 174 Å². The molecule has 2 aliphatic heterocycles. The summed E-state index contributed by atoms with van der Waals surface area (Å²) in [5.41, 5.74) is 0. The van der Waals surface area contributed by atoms with Crippen LogP contribution in [0.1, 0.15) is 11.3 Å². The summed E-state index contributed by atoms with van der Waals surface area (Å²) in [5, 5.41) is 1.29. The van der Waals surface area contributed by atoms with E-state index in [0.29, 0.717) is 26.3 Å². The summed E-state index contributed by atoms with van der Waals surface area (Å²) >= 11 is 7.81. The van der Waals surface area contributed by atoms with Gasteiger partial charge in [-0.2, -0.15) is 4.98 Å². The van der Waals surface area contributed by atoms with Crippen LogP contribution < -0.4 is 4.90 Å². The average Bonchev–Trinajstić information content (AvgIpc) is 2.89. The molecule has 4 rings (SSSR count). The van der Waals surface area contributed by atoms with Crippen molar-refractivity contribution in [3.63, 3.8) is 0 Å². The van der Waals surface area contributed by atoms with E-state index in [1.807, 2.05) is 0 Å². The maximum Gasteiger partial charge on any atom is 0.225 e. The van der Waals surface area contributed by atoms with E-state index in [0.717, 1.165) is 55.2 Å². The second-order valence-corrected chi connectivity index (χ2v) is 10.6. The summed E-state index contributed by atoms with van der Waals surface area (Å²) in [6.07, 6.45) is 2.12. The molecule has 8 nitrogen and oxygen atoms in total. The highest BCUT2D eigenvalue weighted by Crippen LogP contribution is 2.33. The molecule has 2 aliphatic rings. The molecule has 0 saturated carbocycles. The smallest absolute Gasteiger partial charge is 0.225 e. The number of aromatic nitrogens is 2. The van der Waals surface area contributed by atoms with Gasteiger partial charge in [-0.15, -0.1) is 11.3 Å². The van der Waals surface area contributed by atoms with Crippen molar-refractivity contribution in [2.45, 2.75) is 13.0 Å². The molecule has 28 heavy (non-hydrogen) atoms. The number of hydrogen-bond donors (Lipinski definition) is 0. The van der Waals surface area contributed by atoms with Crippen molar-refractivity contribution in [3.8, 4) is 0 Å². The fraction of sp³-hybridized carbons (Fsp3) is 0.647. The Balaban J connectivity index is 1.53. The maximum atomic E-state index is 11.8. The van der Waals surface area contributed by atoms with Gasteiger partial charge in [0.1, 0.15) is 10.6 Å². The van der Waals surface area contributed by atoms with Crippen LogP contribution in [-0.4, -0.2) is 86.3 Å². The van der Waals surface area contributed by atoms with Gasteiger partial charge < -0.3 is 9.64 Å². The number of ether oxygens (including phenoxy) is 1. The Kier molecular flexibility index (Phi) is 6.05. The van der Waals surface area contributed by atoms with Crippen LogP contribution in [0.5, 0.6) is 0 Å². The first-order valence-corrected chi connectivity index (χ1v) is 12.4. The third-order valence-corrected chi connectivity index (χ3v) is 7.59. The number of anilines is 1. The fourth-order valence-corrected chi connectivity index (χ4v) is 5.84. The predicted molar refractivity (Wildman–Crippen MR) is 112 cm³/mol. The van der Waals surface area contributed by atoms with Crippen molar-refractivity contribution < 1.29 is 13.2 Å². The summed E-state index contributed by atoms with van der Waals surface area (Å²) in [5.74, 6) is 0.875. The van der Waals surface area contributed by atoms with Gasteiger partial charge in [0, 0.05) is 44.1 Å². The average molecular weight is 446 g/mol. The molecular weight excluding hydrogens is 422 g/mol. The molecule has 0 unspecified atom stereocenters. The lowest BCUT2D eigenvalue weighted by Crippen LogP contribution is -2.36. The van der Waals surface area contributed by atoms with E-state index in [1.54, 1.807) is 15.6 Å². The monoisotopic (exact) mass is 445 g/mol. The molecule has 4 heterocycles. The summed E-state index contributed by atoms with van der Waals surface area (Å²) in [6.45, 7) is 6.46. The normalized spacial score (nSPS) is 20.6. The molecule has 2 aromatic rings. The molecule has 154 valence electrons. The van der Waals surface area contributed by atoms with Gasteiger partial charge in [0.05, 0.1) is 24.9 Å². The van der Waals surface area contributed by atoms with Gasteiger partial charge in [0.15, 0.2) is 0 Å². The predicted octanol–water partition coefficient (Wildman–Crippen LogP) is 1.65. The third kappa shape index (κ3) is 4.58. The van der Waals surface area contributed by atoms with E-state index in [9.17, 15) is 8.42 Å². The quantitative estimate of drug-likeness (QED) is 0.662. The minimum absolute atomic E-state index is 0.265. The molecule has 0 atom stereocenters. The van der Waals surface area contributed by atoms with Crippen molar-refractivity contribution in [1.82, 2.24) is 19.2 Å². The summed E-state index contributed by atoms with van der Waals surface area (Å²) in [4.78, 5) is 15.5. The largest absolute Gasteiger partial charge is 0.378 e. The Morgan fingerprint density at radius 2 is 1.93 bits per heavy atom. The Hall–Kier alpha value is -1.04. The Morgan fingerprint density at radius 1 is 1.14 bits per heavy atom. The number of morpholine rings is 1. The van der Waals surface area contributed by atoms with Crippen molar-refractivity contribution >= 4 is 49.0 Å². The minimum Gasteiger partial charge on any atom is -0.378 e. The lowest BCUT2D eigenvalue weighted by atomic mass is 10.3. The molecule has 0 N–H and O–H groups in total. The van der Waals surface area contributed by atoms with E-state index in [-0.39, 0.29) is 5.28 Å². The molecule has 0 aliphatic carbocycles. The van der Waals surface area contributed by atoms with Crippen molar-refractivity contribution in [2.24, 2.45) is 0 Å². The standard InChI is InChI=1S/C17H24ClN5O3S2/c1-28(24,25)23-4-2-3-21(5-6-23)12-13-11-14-15(22-7-9-26-10-8-22)19-17(18)20-16(14)27-13/h11H,2-10,12H2,1H3. The SMILES string of the molecule is CS(=O)(=O)N1CCCN(Cc2cc3c(N4CCOCC4)nc(Cl)nc3s2)CC1. The van der Waals surface area contributed by atoms with Gasteiger partial charge in [-0.05, 0) is 30.6 Å². The first kappa shape index (κ1) is 20.2. The first-order chi connectivity index (χ1) is 13.4. The van der Waals surface area contributed by atoms with E-state index >= 15 is 0 Å². The van der Waals surface area contributed by atoms with Gasteiger partial charge >= 0.3 is 0 Å². The molecule has 11 heteroatoms. The lowest BCUT2D eigenvalue weighted by molar-refractivity contribution is 0.122. The van der Waals surface area contributed by atoms with Gasteiger partial charge in [-0.3, -0.25) is 4.90 Å². The summed E-state index contributed by atoms with van der Waals surface area (Å²) in [6, 6.07) is 2.15. The van der Waals surface area contributed by atoms with Gasteiger partial charge in [0.25, 0.3) is 0 Å².